The molecule has 3 rings (SSSR count). The molecule has 7 heteroatoms. The molecule has 0 bridgehead atoms. The molecule has 2 aromatic rings. The lowest BCUT2D eigenvalue weighted by Gasteiger charge is -2.24. The van der Waals surface area contributed by atoms with Gasteiger partial charge in [0.15, 0.2) is 5.76 Å². The van der Waals surface area contributed by atoms with Gasteiger partial charge in [-0.3, -0.25) is 10.1 Å². The molecule has 2 N–H and O–H groups in total. The molecule has 2 heterocycles. The first-order valence-electron chi connectivity index (χ1n) is 7.24. The second-order valence-electron chi connectivity index (χ2n) is 5.11. The van der Waals surface area contributed by atoms with E-state index in [1.807, 2.05) is 6.07 Å². The molecule has 120 valence electrons. The summed E-state index contributed by atoms with van der Waals surface area (Å²) in [5.41, 5.74) is 1.24. The molecule has 0 fully saturated rings. The predicted octanol–water partition coefficient (Wildman–Crippen LogP) is 2.73. The molecule has 7 nitrogen and oxygen atoms in total. The quantitative estimate of drug-likeness (QED) is 0.665. The normalized spacial score (nSPS) is 17.2. The molecule has 1 unspecified atom stereocenters. The summed E-state index contributed by atoms with van der Waals surface area (Å²) in [6.07, 6.45) is 1.70. The van der Waals surface area contributed by atoms with Crippen molar-refractivity contribution in [2.75, 3.05) is 7.05 Å². The first-order chi connectivity index (χ1) is 11.7. The topological polar surface area (TPSA) is 104 Å². The fourth-order valence-corrected chi connectivity index (χ4v) is 2.73. The van der Waals surface area contributed by atoms with Crippen molar-refractivity contribution in [3.05, 3.63) is 87.2 Å². The molecule has 0 amide bonds. The molecule has 1 atom stereocenters. The number of nitro groups is 1. The molecule has 1 aliphatic rings. The summed E-state index contributed by atoms with van der Waals surface area (Å²) < 4.78 is 5.66. The zero-order valence-corrected chi connectivity index (χ0v) is 12.8. The monoisotopic (exact) mass is 322 g/mol. The summed E-state index contributed by atoms with van der Waals surface area (Å²) in [6.45, 7) is 0. The van der Waals surface area contributed by atoms with Crippen molar-refractivity contribution in [1.82, 2.24) is 10.3 Å². The van der Waals surface area contributed by atoms with E-state index in [1.165, 1.54) is 0 Å². The fourth-order valence-electron chi connectivity index (χ4n) is 2.73. The molecule has 1 aromatic carbocycles. The standard InChI is InChI=1S/C17H14N4O3/c1-19-17-15(21(22)23)14(11-6-3-2-4-7-11)12(10-18)16(24-17)13-8-5-9-20-13/h2-9,14,19-20H,1H3. The van der Waals surface area contributed by atoms with Crippen LogP contribution in [0.5, 0.6) is 0 Å². The fraction of sp³-hybridized carbons (Fsp3) is 0.118. The Hall–Kier alpha value is -3.53. The first-order valence-corrected chi connectivity index (χ1v) is 7.24. The second kappa shape index (κ2) is 6.30. The van der Waals surface area contributed by atoms with Crippen LogP contribution in [0.3, 0.4) is 0 Å². The maximum Gasteiger partial charge on any atom is 0.318 e. The Balaban J connectivity index is 2.27. The average molecular weight is 322 g/mol. The molecular formula is C17H14N4O3. The van der Waals surface area contributed by atoms with Crippen molar-refractivity contribution >= 4 is 5.76 Å². The van der Waals surface area contributed by atoms with Gasteiger partial charge in [-0.05, 0) is 17.7 Å². The summed E-state index contributed by atoms with van der Waals surface area (Å²) in [5, 5.41) is 24.1. The Bertz CT molecular complexity index is 861. The highest BCUT2D eigenvalue weighted by molar-refractivity contribution is 5.70. The number of hydrogen-bond donors (Lipinski definition) is 2. The van der Waals surface area contributed by atoms with E-state index < -0.39 is 10.8 Å². The third-order valence-electron chi connectivity index (χ3n) is 3.76. The van der Waals surface area contributed by atoms with Crippen LogP contribution in [0.15, 0.2) is 65.8 Å². The zero-order chi connectivity index (χ0) is 17.1. The van der Waals surface area contributed by atoms with Gasteiger partial charge in [0, 0.05) is 13.2 Å². The van der Waals surface area contributed by atoms with Gasteiger partial charge in [-0.1, -0.05) is 30.3 Å². The van der Waals surface area contributed by atoms with E-state index in [0.717, 1.165) is 0 Å². The molecule has 0 saturated carbocycles. The van der Waals surface area contributed by atoms with Crippen LogP contribution in [0.2, 0.25) is 0 Å². The Morgan fingerprint density at radius 3 is 2.58 bits per heavy atom. The van der Waals surface area contributed by atoms with Gasteiger partial charge in [-0.2, -0.15) is 5.26 Å². The summed E-state index contributed by atoms with van der Waals surface area (Å²) in [5.74, 6) is -0.510. The van der Waals surface area contributed by atoms with Crippen LogP contribution in [0.25, 0.3) is 5.76 Å². The van der Waals surface area contributed by atoms with Gasteiger partial charge < -0.3 is 15.0 Å². The number of H-pyrrole nitrogens is 1. The first kappa shape index (κ1) is 15.4. The lowest BCUT2D eigenvalue weighted by atomic mass is 9.86. The van der Waals surface area contributed by atoms with Gasteiger partial charge in [0.2, 0.25) is 0 Å². The molecule has 1 aromatic heterocycles. The van der Waals surface area contributed by atoms with E-state index in [-0.39, 0.29) is 22.9 Å². The molecule has 0 radical (unpaired) electrons. The van der Waals surface area contributed by atoms with Gasteiger partial charge in [0.25, 0.3) is 5.88 Å². The Labute approximate surface area is 138 Å². The molecule has 24 heavy (non-hydrogen) atoms. The van der Waals surface area contributed by atoms with Crippen LogP contribution in [-0.4, -0.2) is 17.0 Å². The Kier molecular flexibility index (Phi) is 4.03. The maximum atomic E-state index is 11.6. The number of aromatic amines is 1. The van der Waals surface area contributed by atoms with Crippen molar-refractivity contribution in [2.45, 2.75) is 5.92 Å². The van der Waals surface area contributed by atoms with Crippen molar-refractivity contribution in [3.63, 3.8) is 0 Å². The lowest BCUT2D eigenvalue weighted by Crippen LogP contribution is -2.26. The summed E-state index contributed by atoms with van der Waals surface area (Å²) in [6, 6.07) is 14.5. The molecule has 0 spiro atoms. The van der Waals surface area contributed by atoms with Crippen molar-refractivity contribution < 1.29 is 9.66 Å². The highest BCUT2D eigenvalue weighted by Crippen LogP contribution is 2.42. The van der Waals surface area contributed by atoms with Crippen molar-refractivity contribution in [3.8, 4) is 6.07 Å². The predicted molar refractivity (Wildman–Crippen MR) is 86.7 cm³/mol. The smallest absolute Gasteiger partial charge is 0.318 e. The average Bonchev–Trinajstić information content (AvgIpc) is 3.14. The number of rotatable bonds is 4. The Morgan fingerprint density at radius 1 is 1.29 bits per heavy atom. The van der Waals surface area contributed by atoms with Crippen LogP contribution in [-0.2, 0) is 4.74 Å². The van der Waals surface area contributed by atoms with Gasteiger partial charge in [0.05, 0.1) is 22.3 Å². The van der Waals surface area contributed by atoms with Gasteiger partial charge in [-0.15, -0.1) is 0 Å². The highest BCUT2D eigenvalue weighted by Gasteiger charge is 2.41. The Morgan fingerprint density at radius 2 is 2.04 bits per heavy atom. The van der Waals surface area contributed by atoms with E-state index in [1.54, 1.807) is 49.6 Å². The molecule has 1 aliphatic heterocycles. The minimum absolute atomic E-state index is 0.0254. The largest absolute Gasteiger partial charge is 0.432 e. The lowest BCUT2D eigenvalue weighted by molar-refractivity contribution is -0.433. The van der Waals surface area contributed by atoms with Gasteiger partial charge in [-0.25, -0.2) is 0 Å². The SMILES string of the molecule is CNC1=C([N+](=O)[O-])C(c2ccccc2)C(C#N)=C(c2ccc[nH]2)O1. The van der Waals surface area contributed by atoms with Crippen LogP contribution >= 0.6 is 0 Å². The van der Waals surface area contributed by atoms with E-state index >= 15 is 0 Å². The number of benzene rings is 1. The molecular weight excluding hydrogens is 308 g/mol. The van der Waals surface area contributed by atoms with E-state index in [9.17, 15) is 15.4 Å². The van der Waals surface area contributed by atoms with Crippen LogP contribution in [0.4, 0.5) is 0 Å². The minimum atomic E-state index is -0.819. The van der Waals surface area contributed by atoms with Crippen molar-refractivity contribution in [2.24, 2.45) is 0 Å². The third-order valence-corrected chi connectivity index (χ3v) is 3.76. The van der Waals surface area contributed by atoms with E-state index in [2.05, 4.69) is 16.4 Å². The summed E-state index contributed by atoms with van der Waals surface area (Å²) >= 11 is 0. The van der Waals surface area contributed by atoms with Crippen molar-refractivity contribution in [1.29, 1.82) is 5.26 Å². The number of aromatic nitrogens is 1. The molecule has 0 saturated heterocycles. The number of nitriles is 1. The maximum absolute atomic E-state index is 11.6. The number of hydrogen-bond acceptors (Lipinski definition) is 5. The third kappa shape index (κ3) is 2.50. The van der Waals surface area contributed by atoms with Crippen LogP contribution in [0, 0.1) is 21.4 Å². The minimum Gasteiger partial charge on any atom is -0.432 e. The van der Waals surface area contributed by atoms with Crippen LogP contribution in [0.1, 0.15) is 17.2 Å². The zero-order valence-electron chi connectivity index (χ0n) is 12.8. The number of allylic oxidation sites excluding steroid dienone is 1. The van der Waals surface area contributed by atoms with Gasteiger partial charge >= 0.3 is 5.70 Å². The number of nitrogens with zero attached hydrogens (tertiary/aromatic N) is 2. The summed E-state index contributed by atoms with van der Waals surface area (Å²) in [4.78, 5) is 14.1. The number of ether oxygens (including phenoxy) is 1. The number of nitrogens with one attached hydrogen (secondary N) is 2. The summed E-state index contributed by atoms with van der Waals surface area (Å²) in [7, 11) is 1.55. The van der Waals surface area contributed by atoms with E-state index in [4.69, 9.17) is 4.74 Å². The molecule has 0 aliphatic carbocycles. The van der Waals surface area contributed by atoms with Gasteiger partial charge in [0.1, 0.15) is 5.92 Å². The van der Waals surface area contributed by atoms with E-state index in [0.29, 0.717) is 11.3 Å². The second-order valence-corrected chi connectivity index (χ2v) is 5.11. The van der Waals surface area contributed by atoms with Crippen LogP contribution < -0.4 is 5.32 Å². The highest BCUT2D eigenvalue weighted by atomic mass is 16.6.